The predicted molar refractivity (Wildman–Crippen MR) is 85.5 cm³/mol. The molecular formula is C16H15NO6S. The zero-order chi connectivity index (χ0) is 17.7. The van der Waals surface area contributed by atoms with Crippen LogP contribution in [0.25, 0.3) is 0 Å². The number of carboxylic acid groups (broad SMARTS) is 1. The number of rotatable bonds is 7. The van der Waals surface area contributed by atoms with E-state index in [1.165, 1.54) is 18.2 Å². The van der Waals surface area contributed by atoms with Gasteiger partial charge >= 0.3 is 5.97 Å². The minimum atomic E-state index is -4.26. The fourth-order valence-electron chi connectivity index (χ4n) is 1.93. The molecular weight excluding hydrogens is 334 g/mol. The second-order valence-electron chi connectivity index (χ2n) is 4.94. The van der Waals surface area contributed by atoms with Crippen molar-refractivity contribution in [3.05, 3.63) is 54.1 Å². The molecule has 0 aliphatic rings. The molecule has 2 aromatic rings. The molecule has 126 valence electrons. The molecule has 2 rings (SSSR count). The van der Waals surface area contributed by atoms with E-state index in [1.807, 2.05) is 17.7 Å². The summed E-state index contributed by atoms with van der Waals surface area (Å²) in [5.41, 5.74) is 0.929. The number of ether oxygens (including phenoxy) is 1. The second kappa shape index (κ2) is 7.24. The summed E-state index contributed by atoms with van der Waals surface area (Å²) in [7, 11) is -4.26. The Morgan fingerprint density at radius 3 is 2.54 bits per heavy atom. The molecule has 1 atom stereocenters. The van der Waals surface area contributed by atoms with Crippen molar-refractivity contribution in [2.45, 2.75) is 17.9 Å². The summed E-state index contributed by atoms with van der Waals surface area (Å²) in [5, 5.41) is 8.83. The fraction of sp³-hybridized carbons (Fsp3) is 0.125. The Balaban J connectivity index is 2.37. The molecule has 0 amide bonds. The third-order valence-corrected chi connectivity index (χ3v) is 4.52. The van der Waals surface area contributed by atoms with Crippen molar-refractivity contribution in [2.24, 2.45) is 0 Å². The third kappa shape index (κ3) is 4.18. The Morgan fingerprint density at radius 1 is 1.21 bits per heavy atom. The SMILES string of the molecule is Cc1cccc(Oc2ccccc2S(=O)(=O)N[C@H](C=O)C(=O)O)c1. The van der Waals surface area contributed by atoms with Gasteiger partial charge in [0.25, 0.3) is 0 Å². The zero-order valence-electron chi connectivity index (χ0n) is 12.7. The molecule has 0 fully saturated rings. The maximum Gasteiger partial charge on any atom is 0.329 e. The smallest absolute Gasteiger partial charge is 0.329 e. The van der Waals surface area contributed by atoms with Crippen molar-refractivity contribution in [3.8, 4) is 11.5 Å². The van der Waals surface area contributed by atoms with Crippen LogP contribution in [-0.4, -0.2) is 31.8 Å². The summed E-state index contributed by atoms with van der Waals surface area (Å²) in [6.45, 7) is 1.86. The van der Waals surface area contributed by atoms with Crippen LogP contribution in [0, 0.1) is 6.92 Å². The number of aryl methyl sites for hydroxylation is 1. The molecule has 0 aliphatic carbocycles. The van der Waals surface area contributed by atoms with E-state index in [0.29, 0.717) is 5.75 Å². The molecule has 2 N–H and O–H groups in total. The maximum atomic E-state index is 12.4. The first-order valence-corrected chi connectivity index (χ1v) is 8.36. The van der Waals surface area contributed by atoms with Crippen LogP contribution in [-0.2, 0) is 19.6 Å². The molecule has 0 aromatic heterocycles. The number of carbonyl (C=O) groups excluding carboxylic acids is 1. The molecule has 0 saturated carbocycles. The van der Waals surface area contributed by atoms with E-state index in [-0.39, 0.29) is 16.9 Å². The first-order valence-electron chi connectivity index (χ1n) is 6.87. The predicted octanol–water partition coefficient (Wildman–Crippen LogP) is 1.72. The molecule has 24 heavy (non-hydrogen) atoms. The monoisotopic (exact) mass is 349 g/mol. The van der Waals surface area contributed by atoms with Gasteiger partial charge in [-0.15, -0.1) is 0 Å². The number of para-hydroxylation sites is 1. The molecule has 0 heterocycles. The molecule has 0 unspecified atom stereocenters. The van der Waals surface area contributed by atoms with Gasteiger partial charge in [-0.3, -0.25) is 4.79 Å². The Morgan fingerprint density at radius 2 is 1.92 bits per heavy atom. The highest BCUT2D eigenvalue weighted by molar-refractivity contribution is 7.89. The number of hydrogen-bond acceptors (Lipinski definition) is 5. The van der Waals surface area contributed by atoms with Crippen LogP contribution in [0.15, 0.2) is 53.4 Å². The highest BCUT2D eigenvalue weighted by Crippen LogP contribution is 2.29. The first-order chi connectivity index (χ1) is 11.3. The molecule has 0 spiro atoms. The summed E-state index contributed by atoms with van der Waals surface area (Å²) >= 11 is 0. The topological polar surface area (TPSA) is 110 Å². The van der Waals surface area contributed by atoms with Gasteiger partial charge in [0.05, 0.1) is 0 Å². The van der Waals surface area contributed by atoms with Gasteiger partial charge in [0.15, 0.2) is 6.04 Å². The lowest BCUT2D eigenvalue weighted by Crippen LogP contribution is -2.41. The van der Waals surface area contributed by atoms with Crippen molar-refractivity contribution < 1.29 is 27.9 Å². The van der Waals surface area contributed by atoms with Crippen molar-refractivity contribution in [1.29, 1.82) is 0 Å². The lowest BCUT2D eigenvalue weighted by atomic mass is 10.2. The lowest BCUT2D eigenvalue weighted by Gasteiger charge is -2.14. The van der Waals surface area contributed by atoms with Gasteiger partial charge in [-0.05, 0) is 36.8 Å². The second-order valence-corrected chi connectivity index (χ2v) is 6.62. The van der Waals surface area contributed by atoms with E-state index in [1.54, 1.807) is 24.3 Å². The van der Waals surface area contributed by atoms with Crippen molar-refractivity contribution in [1.82, 2.24) is 4.72 Å². The van der Waals surface area contributed by atoms with E-state index >= 15 is 0 Å². The van der Waals surface area contributed by atoms with Gasteiger partial charge in [0, 0.05) is 0 Å². The van der Waals surface area contributed by atoms with E-state index in [4.69, 9.17) is 9.84 Å². The third-order valence-electron chi connectivity index (χ3n) is 3.04. The molecule has 8 heteroatoms. The number of hydrogen-bond donors (Lipinski definition) is 2. The molecule has 0 bridgehead atoms. The highest BCUT2D eigenvalue weighted by Gasteiger charge is 2.27. The number of aldehydes is 1. The Kier molecular flexibility index (Phi) is 5.32. The van der Waals surface area contributed by atoms with Gasteiger partial charge in [0.1, 0.15) is 22.7 Å². The van der Waals surface area contributed by atoms with Gasteiger partial charge in [-0.1, -0.05) is 24.3 Å². The fourth-order valence-corrected chi connectivity index (χ4v) is 3.18. The molecule has 2 aromatic carbocycles. The minimum Gasteiger partial charge on any atom is -0.480 e. The maximum absolute atomic E-state index is 12.4. The summed E-state index contributed by atoms with van der Waals surface area (Å²) in [5.74, 6) is -1.14. The van der Waals surface area contributed by atoms with Crippen LogP contribution in [0.3, 0.4) is 0 Å². The average Bonchev–Trinajstić information content (AvgIpc) is 2.53. The summed E-state index contributed by atoms with van der Waals surface area (Å²) in [6.07, 6.45) is 0.00388. The normalized spacial score (nSPS) is 12.4. The molecule has 0 radical (unpaired) electrons. The number of sulfonamides is 1. The van der Waals surface area contributed by atoms with Crippen LogP contribution < -0.4 is 9.46 Å². The Bertz CT molecular complexity index is 862. The van der Waals surface area contributed by atoms with Crippen LogP contribution in [0.4, 0.5) is 0 Å². The number of aliphatic carboxylic acids is 1. The largest absolute Gasteiger partial charge is 0.480 e. The van der Waals surface area contributed by atoms with Crippen LogP contribution in [0.1, 0.15) is 5.56 Å². The van der Waals surface area contributed by atoms with Gasteiger partial charge in [0.2, 0.25) is 10.0 Å². The van der Waals surface area contributed by atoms with E-state index < -0.39 is 22.0 Å². The van der Waals surface area contributed by atoms with Crippen molar-refractivity contribution in [2.75, 3.05) is 0 Å². The van der Waals surface area contributed by atoms with Gasteiger partial charge in [-0.2, -0.15) is 4.72 Å². The molecule has 0 aliphatic heterocycles. The van der Waals surface area contributed by atoms with Crippen molar-refractivity contribution in [3.63, 3.8) is 0 Å². The van der Waals surface area contributed by atoms with E-state index in [0.717, 1.165) is 5.56 Å². The number of carbonyl (C=O) groups is 2. The Labute approximate surface area is 138 Å². The quantitative estimate of drug-likeness (QED) is 0.582. The summed E-state index contributed by atoms with van der Waals surface area (Å²) in [6, 6.07) is 10.9. The zero-order valence-corrected chi connectivity index (χ0v) is 13.5. The van der Waals surface area contributed by atoms with Crippen LogP contribution in [0.5, 0.6) is 11.5 Å². The van der Waals surface area contributed by atoms with Crippen molar-refractivity contribution >= 4 is 22.3 Å². The molecule has 7 nitrogen and oxygen atoms in total. The van der Waals surface area contributed by atoms with Gasteiger partial charge in [-0.25, -0.2) is 8.42 Å². The summed E-state index contributed by atoms with van der Waals surface area (Å²) < 4.78 is 32.2. The number of nitrogens with one attached hydrogen (secondary N) is 1. The van der Waals surface area contributed by atoms with E-state index in [9.17, 15) is 18.0 Å². The van der Waals surface area contributed by atoms with Crippen LogP contribution >= 0.6 is 0 Å². The average molecular weight is 349 g/mol. The molecule has 0 saturated heterocycles. The standard InChI is InChI=1S/C16H15NO6S/c1-11-5-4-6-12(9-11)23-14-7-2-3-8-15(14)24(21,22)17-13(10-18)16(19)20/h2-10,13,17H,1H3,(H,19,20)/t13-/m1/s1. The Hall–Kier alpha value is -2.71. The number of benzene rings is 2. The lowest BCUT2D eigenvalue weighted by molar-refractivity contribution is -0.140. The first kappa shape index (κ1) is 17.6. The van der Waals surface area contributed by atoms with E-state index in [2.05, 4.69) is 0 Å². The van der Waals surface area contributed by atoms with Crippen LogP contribution in [0.2, 0.25) is 0 Å². The number of carboxylic acids is 1. The summed E-state index contributed by atoms with van der Waals surface area (Å²) in [4.78, 5) is 21.3. The van der Waals surface area contributed by atoms with Gasteiger partial charge < -0.3 is 14.6 Å². The minimum absolute atomic E-state index is 0.00388. The highest BCUT2D eigenvalue weighted by atomic mass is 32.2.